The van der Waals surface area contributed by atoms with Gasteiger partial charge in [-0.1, -0.05) is 68.5 Å². The van der Waals surface area contributed by atoms with Crippen LogP contribution in [-0.4, -0.2) is 59.9 Å². The molecule has 2 aromatic carbocycles. The Bertz CT molecular complexity index is 1010. The van der Waals surface area contributed by atoms with Crippen LogP contribution in [0.4, 0.5) is 0 Å². The van der Waals surface area contributed by atoms with Crippen LogP contribution >= 0.6 is 0 Å². The van der Waals surface area contributed by atoms with Gasteiger partial charge in [0.2, 0.25) is 0 Å². The van der Waals surface area contributed by atoms with Gasteiger partial charge in [0.25, 0.3) is 5.91 Å². The minimum atomic E-state index is -0.720. The lowest BCUT2D eigenvalue weighted by atomic mass is 9.94. The molecule has 0 aromatic heterocycles. The van der Waals surface area contributed by atoms with E-state index >= 15 is 0 Å². The molecule has 1 heterocycles. The van der Waals surface area contributed by atoms with E-state index in [0.29, 0.717) is 24.4 Å². The first-order chi connectivity index (χ1) is 15.5. The van der Waals surface area contributed by atoms with E-state index in [9.17, 15) is 14.7 Å². The number of carbonyl (C=O) groups is 2. The van der Waals surface area contributed by atoms with Gasteiger partial charge in [-0.15, -0.1) is 0 Å². The summed E-state index contributed by atoms with van der Waals surface area (Å²) in [5.74, 6) is -0.876. The highest BCUT2D eigenvalue weighted by atomic mass is 16.5. The summed E-state index contributed by atoms with van der Waals surface area (Å²) in [6.07, 6.45) is 3.09. The monoisotopic (exact) mass is 434 g/mol. The molecule has 1 aliphatic heterocycles. The number of amides is 1. The number of aliphatic hydroxyl groups is 1. The fourth-order valence-corrected chi connectivity index (χ4v) is 3.97. The second-order valence-electron chi connectivity index (χ2n) is 7.54. The van der Waals surface area contributed by atoms with Crippen LogP contribution in [0, 0.1) is 0 Å². The van der Waals surface area contributed by atoms with Gasteiger partial charge in [0, 0.05) is 18.7 Å². The van der Waals surface area contributed by atoms with E-state index in [0.717, 1.165) is 18.7 Å². The number of allylic oxidation sites excluding steroid dienone is 1. The third kappa shape index (κ3) is 4.92. The van der Waals surface area contributed by atoms with Crippen LogP contribution in [-0.2, 0) is 9.59 Å². The number of para-hydroxylation sites is 1. The number of nitrogens with zero attached hydrogens (tertiary/aromatic N) is 2. The van der Waals surface area contributed by atoms with E-state index in [-0.39, 0.29) is 5.57 Å². The van der Waals surface area contributed by atoms with Crippen LogP contribution in [0.25, 0.3) is 6.08 Å². The minimum Gasteiger partial charge on any atom is -0.503 e. The quantitative estimate of drug-likeness (QED) is 0.572. The van der Waals surface area contributed by atoms with Crippen LogP contribution in [0.15, 0.2) is 72.0 Å². The zero-order valence-corrected chi connectivity index (χ0v) is 18.8. The van der Waals surface area contributed by atoms with Crippen molar-refractivity contribution in [2.45, 2.75) is 19.9 Å². The molecular weight excluding hydrogens is 404 g/mol. The fourth-order valence-electron chi connectivity index (χ4n) is 3.97. The summed E-state index contributed by atoms with van der Waals surface area (Å²) >= 11 is 0. The maximum atomic E-state index is 13.2. The van der Waals surface area contributed by atoms with Crippen molar-refractivity contribution in [3.63, 3.8) is 0 Å². The molecule has 0 fully saturated rings. The summed E-state index contributed by atoms with van der Waals surface area (Å²) in [7, 11) is 1.55. The molecule has 2 aromatic rings. The van der Waals surface area contributed by atoms with Gasteiger partial charge in [-0.25, -0.2) is 0 Å². The van der Waals surface area contributed by atoms with Crippen molar-refractivity contribution in [2.24, 2.45) is 0 Å². The third-order valence-electron chi connectivity index (χ3n) is 5.78. The molecule has 0 spiro atoms. The second kappa shape index (κ2) is 10.8. The lowest BCUT2D eigenvalue weighted by molar-refractivity contribution is -0.129. The van der Waals surface area contributed by atoms with Crippen molar-refractivity contribution < 1.29 is 19.4 Å². The predicted molar refractivity (Wildman–Crippen MR) is 125 cm³/mol. The molecule has 168 valence electrons. The number of carbonyl (C=O) groups excluding carboxylic acids is 2. The SMILES string of the molecule is CCN(CC)CCN1C(=O)C(O)=C(C(=O)/C=C/c2ccccc2)C1c1ccccc1OC. The van der Waals surface area contributed by atoms with E-state index in [4.69, 9.17) is 4.74 Å². The highest BCUT2D eigenvalue weighted by Gasteiger charge is 2.43. The number of ketones is 1. The van der Waals surface area contributed by atoms with Gasteiger partial charge >= 0.3 is 0 Å². The first kappa shape index (κ1) is 23.3. The zero-order chi connectivity index (χ0) is 23.1. The van der Waals surface area contributed by atoms with Crippen LogP contribution < -0.4 is 4.74 Å². The van der Waals surface area contributed by atoms with E-state index in [1.807, 2.05) is 48.5 Å². The number of likely N-dealkylation sites (N-methyl/N-ethyl adjacent to an activating group) is 1. The van der Waals surface area contributed by atoms with Crippen molar-refractivity contribution in [3.05, 3.63) is 83.1 Å². The topological polar surface area (TPSA) is 70.1 Å². The van der Waals surface area contributed by atoms with Gasteiger partial charge in [0.1, 0.15) is 5.75 Å². The van der Waals surface area contributed by atoms with Crippen LogP contribution in [0.1, 0.15) is 31.0 Å². The van der Waals surface area contributed by atoms with Gasteiger partial charge in [-0.05, 0) is 30.8 Å². The molecular formula is C26H30N2O4. The van der Waals surface area contributed by atoms with E-state index in [1.54, 1.807) is 24.2 Å². The zero-order valence-electron chi connectivity index (χ0n) is 18.8. The Morgan fingerprint density at radius 2 is 1.75 bits per heavy atom. The van der Waals surface area contributed by atoms with Crippen LogP contribution in [0.2, 0.25) is 0 Å². The van der Waals surface area contributed by atoms with Crippen molar-refractivity contribution in [1.29, 1.82) is 0 Å². The van der Waals surface area contributed by atoms with Gasteiger partial charge in [0.05, 0.1) is 18.7 Å². The highest BCUT2D eigenvalue weighted by molar-refractivity contribution is 6.14. The minimum absolute atomic E-state index is 0.0752. The molecule has 0 aliphatic carbocycles. The summed E-state index contributed by atoms with van der Waals surface area (Å²) in [6, 6.07) is 16.0. The standard InChI is InChI=1S/C26H30N2O4/c1-4-27(5-2)17-18-28-24(20-13-9-10-14-22(20)32-3)23(25(30)26(28)31)21(29)16-15-19-11-7-6-8-12-19/h6-16,24,30H,4-5,17-18H2,1-3H3/b16-15+. The Morgan fingerprint density at radius 3 is 2.41 bits per heavy atom. The molecule has 6 heteroatoms. The summed E-state index contributed by atoms with van der Waals surface area (Å²) in [5, 5.41) is 10.7. The number of ether oxygens (including phenoxy) is 1. The molecule has 0 radical (unpaired) electrons. The van der Waals surface area contributed by atoms with Crippen LogP contribution in [0.5, 0.6) is 5.75 Å². The smallest absolute Gasteiger partial charge is 0.290 e. The Labute approximate surface area is 189 Å². The van der Waals surface area contributed by atoms with E-state index in [1.165, 1.54) is 6.08 Å². The van der Waals surface area contributed by atoms with Gasteiger partial charge < -0.3 is 19.6 Å². The highest BCUT2D eigenvalue weighted by Crippen LogP contribution is 2.41. The van der Waals surface area contributed by atoms with Gasteiger partial charge in [-0.2, -0.15) is 0 Å². The van der Waals surface area contributed by atoms with Crippen molar-refractivity contribution in [2.75, 3.05) is 33.3 Å². The van der Waals surface area contributed by atoms with Crippen molar-refractivity contribution in [1.82, 2.24) is 9.80 Å². The molecule has 0 saturated heterocycles. The Morgan fingerprint density at radius 1 is 1.09 bits per heavy atom. The lowest BCUT2D eigenvalue weighted by Crippen LogP contribution is -2.38. The maximum Gasteiger partial charge on any atom is 0.290 e. The fraction of sp³-hybridized carbons (Fsp3) is 0.308. The average molecular weight is 435 g/mol. The van der Waals surface area contributed by atoms with E-state index in [2.05, 4.69) is 18.7 Å². The largest absolute Gasteiger partial charge is 0.503 e. The van der Waals surface area contributed by atoms with Crippen molar-refractivity contribution in [3.8, 4) is 5.75 Å². The predicted octanol–water partition coefficient (Wildman–Crippen LogP) is 4.01. The number of hydrogen-bond donors (Lipinski definition) is 1. The first-order valence-electron chi connectivity index (χ1n) is 10.9. The number of benzene rings is 2. The summed E-state index contributed by atoms with van der Waals surface area (Å²) in [6.45, 7) is 6.84. The molecule has 32 heavy (non-hydrogen) atoms. The molecule has 0 bridgehead atoms. The van der Waals surface area contributed by atoms with E-state index < -0.39 is 23.5 Å². The molecule has 1 amide bonds. The summed E-state index contributed by atoms with van der Waals surface area (Å²) in [4.78, 5) is 30.0. The molecule has 1 aliphatic rings. The number of aliphatic hydroxyl groups excluding tert-OH is 1. The number of rotatable bonds is 10. The molecule has 1 N–H and O–H groups in total. The average Bonchev–Trinajstić information content (AvgIpc) is 3.08. The number of methoxy groups -OCH3 is 1. The Hall–Kier alpha value is -3.38. The first-order valence-corrected chi connectivity index (χ1v) is 10.9. The molecule has 6 nitrogen and oxygen atoms in total. The molecule has 3 rings (SSSR count). The van der Waals surface area contributed by atoms with Gasteiger partial charge in [0.15, 0.2) is 11.5 Å². The third-order valence-corrected chi connectivity index (χ3v) is 5.78. The molecule has 0 saturated carbocycles. The lowest BCUT2D eigenvalue weighted by Gasteiger charge is -2.30. The Balaban J connectivity index is 1.99. The maximum absolute atomic E-state index is 13.2. The van der Waals surface area contributed by atoms with Crippen LogP contribution in [0.3, 0.4) is 0 Å². The normalized spacial score (nSPS) is 16.4. The van der Waals surface area contributed by atoms with Crippen molar-refractivity contribution >= 4 is 17.8 Å². The summed E-state index contributed by atoms with van der Waals surface area (Å²) < 4.78 is 5.52. The summed E-state index contributed by atoms with van der Waals surface area (Å²) in [5.41, 5.74) is 1.60. The number of hydrogen-bond acceptors (Lipinski definition) is 5. The molecule has 1 unspecified atom stereocenters. The second-order valence-corrected chi connectivity index (χ2v) is 7.54. The molecule has 1 atom stereocenters. The Kier molecular flexibility index (Phi) is 7.84. The van der Waals surface area contributed by atoms with Gasteiger partial charge in [-0.3, -0.25) is 9.59 Å².